The first-order valence-corrected chi connectivity index (χ1v) is 6.46. The Morgan fingerprint density at radius 2 is 2.27 bits per heavy atom. The second-order valence-electron chi connectivity index (χ2n) is 3.19. The molecular formula is C8H18BNO4P-. The molecule has 0 amide bonds. The van der Waals surface area contributed by atoms with Gasteiger partial charge in [-0.05, 0) is 26.3 Å². The summed E-state index contributed by atoms with van der Waals surface area (Å²) >= 11 is 0. The molecule has 0 aromatic carbocycles. The van der Waals surface area contributed by atoms with Crippen molar-refractivity contribution >= 4 is 15.6 Å². The van der Waals surface area contributed by atoms with Crippen LogP contribution >= 0.6 is 7.75 Å². The smallest absolute Gasteiger partial charge is 0.203 e. The van der Waals surface area contributed by atoms with Gasteiger partial charge in [0.05, 0.1) is 6.10 Å². The molecule has 15 heavy (non-hydrogen) atoms. The second-order valence-corrected chi connectivity index (χ2v) is 4.99. The third-order valence-corrected chi connectivity index (χ3v) is 3.14. The van der Waals surface area contributed by atoms with E-state index in [1.165, 1.54) is 7.05 Å². The summed E-state index contributed by atoms with van der Waals surface area (Å²) in [5.41, 5.74) is 0. The van der Waals surface area contributed by atoms with Gasteiger partial charge in [0.1, 0.15) is 7.85 Å². The summed E-state index contributed by atoms with van der Waals surface area (Å²) < 4.78 is 19.3. The highest BCUT2D eigenvalue weighted by atomic mass is 31.2. The third-order valence-electron chi connectivity index (χ3n) is 2.11. The normalized spacial score (nSPS) is 29.1. The zero-order chi connectivity index (χ0) is 11.9. The van der Waals surface area contributed by atoms with Gasteiger partial charge in [-0.3, -0.25) is 9.65 Å². The molecule has 1 fully saturated rings. The van der Waals surface area contributed by atoms with Crippen molar-refractivity contribution in [3.63, 3.8) is 0 Å². The van der Waals surface area contributed by atoms with Crippen LogP contribution < -0.4 is 9.98 Å². The van der Waals surface area contributed by atoms with Gasteiger partial charge in [-0.25, -0.2) is 0 Å². The summed E-state index contributed by atoms with van der Waals surface area (Å²) in [5, 5.41) is 1.97. The van der Waals surface area contributed by atoms with E-state index in [2.05, 4.69) is 11.4 Å². The van der Waals surface area contributed by atoms with E-state index < -0.39 is 7.75 Å². The first-order chi connectivity index (χ1) is 6.95. The minimum atomic E-state index is -3.65. The van der Waals surface area contributed by atoms with Crippen LogP contribution in [0.4, 0.5) is 0 Å². The van der Waals surface area contributed by atoms with Crippen LogP contribution in [0.5, 0.6) is 0 Å². The fraction of sp³-hybridized carbons (Fsp3) is 1.00. The molecule has 2 radical (unpaired) electrons. The zero-order valence-electron chi connectivity index (χ0n) is 9.43. The highest BCUT2D eigenvalue weighted by Crippen LogP contribution is 2.27. The average molecular weight is 234 g/mol. The van der Waals surface area contributed by atoms with Crippen LogP contribution in [0.1, 0.15) is 26.2 Å². The van der Waals surface area contributed by atoms with E-state index in [1.807, 2.05) is 5.09 Å². The van der Waals surface area contributed by atoms with Crippen LogP contribution in [0, 0.1) is 0 Å². The number of hydrogen-bond donors (Lipinski definition) is 1. The third kappa shape index (κ3) is 7.09. The molecule has 1 aliphatic heterocycles. The average Bonchev–Trinajstić information content (AvgIpc) is 2.65. The molecule has 1 N–H and O–H groups in total. The molecule has 1 unspecified atom stereocenters. The molecule has 5 nitrogen and oxygen atoms in total. The summed E-state index contributed by atoms with van der Waals surface area (Å²) in [6.07, 6.45) is 3.74. The molecule has 0 aliphatic carbocycles. The van der Waals surface area contributed by atoms with Crippen molar-refractivity contribution in [2.45, 2.75) is 38.3 Å². The van der Waals surface area contributed by atoms with Gasteiger partial charge in [0.25, 0.3) is 0 Å². The Bertz CT molecular complexity index is 209. The minimum absolute atomic E-state index is 0.0277. The summed E-state index contributed by atoms with van der Waals surface area (Å²) in [7, 11) is 4.21. The van der Waals surface area contributed by atoms with Crippen LogP contribution in [0.3, 0.4) is 0 Å². The van der Waals surface area contributed by atoms with E-state index in [0.717, 1.165) is 26.4 Å². The van der Waals surface area contributed by atoms with E-state index in [1.54, 1.807) is 0 Å². The van der Waals surface area contributed by atoms with Crippen molar-refractivity contribution in [1.82, 2.24) is 5.09 Å². The zero-order valence-corrected chi connectivity index (χ0v) is 10.3. The number of hydrogen-bond acceptors (Lipinski definition) is 4. The molecule has 0 aromatic heterocycles. The Kier molecular flexibility index (Phi) is 7.48. The molecule has 0 aromatic rings. The summed E-state index contributed by atoms with van der Waals surface area (Å²) in [6.45, 7) is 2.13. The highest BCUT2D eigenvalue weighted by Gasteiger charge is 2.18. The van der Waals surface area contributed by atoms with Crippen LogP contribution in [0.2, 0.25) is 0 Å². The van der Waals surface area contributed by atoms with Crippen LogP contribution in [0.25, 0.3) is 0 Å². The van der Waals surface area contributed by atoms with E-state index in [4.69, 9.17) is 12.6 Å². The highest BCUT2D eigenvalue weighted by molar-refractivity contribution is 7.49. The fourth-order valence-corrected chi connectivity index (χ4v) is 1.31. The summed E-state index contributed by atoms with van der Waals surface area (Å²) in [5.74, 6) is 0. The van der Waals surface area contributed by atoms with Gasteiger partial charge in [0, 0.05) is 13.1 Å². The number of rotatable bonds is 3. The second kappa shape index (κ2) is 7.42. The largest absolute Gasteiger partial charge is 0.766 e. The lowest BCUT2D eigenvalue weighted by Crippen LogP contribution is -2.15. The van der Waals surface area contributed by atoms with Gasteiger partial charge in [0.15, 0.2) is 0 Å². The Hall–Kier alpha value is 0.135. The Balaban J connectivity index is 0.000000265. The maximum atomic E-state index is 10.1. The summed E-state index contributed by atoms with van der Waals surface area (Å²) in [6, 6.07) is 0.0277. The molecule has 1 aliphatic rings. The van der Waals surface area contributed by atoms with Gasteiger partial charge in [-0.15, -0.1) is 0 Å². The van der Waals surface area contributed by atoms with E-state index >= 15 is 0 Å². The maximum absolute atomic E-state index is 10.1. The van der Waals surface area contributed by atoms with Gasteiger partial charge in [-0.2, -0.15) is 0 Å². The molecule has 3 atom stereocenters. The predicted octanol–water partition coefficient (Wildman–Crippen LogP) is 0.391. The predicted molar refractivity (Wildman–Crippen MR) is 57.6 cm³/mol. The quantitative estimate of drug-likeness (QED) is 0.565. The Morgan fingerprint density at radius 3 is 2.40 bits per heavy atom. The van der Waals surface area contributed by atoms with E-state index in [0.29, 0.717) is 6.10 Å². The van der Waals surface area contributed by atoms with Crippen LogP contribution in [0.15, 0.2) is 0 Å². The first kappa shape index (κ1) is 15.1. The van der Waals surface area contributed by atoms with Crippen molar-refractivity contribution in [2.24, 2.45) is 0 Å². The van der Waals surface area contributed by atoms with Gasteiger partial charge < -0.3 is 14.2 Å². The molecule has 1 heterocycles. The van der Waals surface area contributed by atoms with Crippen molar-refractivity contribution < 1.29 is 18.7 Å². The Labute approximate surface area is 92.5 Å². The van der Waals surface area contributed by atoms with Crippen molar-refractivity contribution in [3.05, 3.63) is 0 Å². The van der Waals surface area contributed by atoms with Gasteiger partial charge in [0.2, 0.25) is 7.75 Å². The molecule has 0 saturated carbocycles. The molecule has 88 valence electrons. The lowest BCUT2D eigenvalue weighted by Gasteiger charge is -2.17. The van der Waals surface area contributed by atoms with Gasteiger partial charge >= 0.3 is 0 Å². The van der Waals surface area contributed by atoms with E-state index in [-0.39, 0.29) is 6.00 Å². The SMILES string of the molecule is CNP(=O)([O-])OC.[B][C@H]1CC[C@@H](CC)O1. The number of nitrogens with one attached hydrogen (secondary N) is 1. The van der Waals surface area contributed by atoms with Crippen molar-refractivity contribution in [3.8, 4) is 0 Å². The van der Waals surface area contributed by atoms with Gasteiger partial charge in [-0.1, -0.05) is 6.92 Å². The maximum Gasteiger partial charge on any atom is 0.203 e. The standard InChI is InChI=1S/C6H11BO.C2H8NO3P/c1-2-5-3-4-6(7)8-5;1-3-7(4,5)6-2/h5-6H,2-4H2,1H3;1-2H3,(H2,3,4,5)/p-1/t5-,6-;/m1./s1. The monoisotopic (exact) mass is 234 g/mol. The molecule has 1 rings (SSSR count). The lowest BCUT2D eigenvalue weighted by molar-refractivity contribution is -0.199. The minimum Gasteiger partial charge on any atom is -0.766 e. The number of ether oxygens (including phenoxy) is 1. The molecule has 7 heteroatoms. The van der Waals surface area contributed by atoms with Crippen LogP contribution in [-0.4, -0.2) is 34.1 Å². The first-order valence-electron chi connectivity index (χ1n) is 4.92. The van der Waals surface area contributed by atoms with Crippen molar-refractivity contribution in [2.75, 3.05) is 14.2 Å². The molecule has 0 spiro atoms. The van der Waals surface area contributed by atoms with Crippen LogP contribution in [-0.2, 0) is 13.8 Å². The Morgan fingerprint density at radius 1 is 1.67 bits per heavy atom. The topological polar surface area (TPSA) is 70.6 Å². The molecule has 0 bridgehead atoms. The molecular weight excluding hydrogens is 216 g/mol. The fourth-order valence-electron chi connectivity index (χ4n) is 1.13. The summed E-state index contributed by atoms with van der Waals surface area (Å²) in [4.78, 5) is 10.1. The molecule has 1 saturated heterocycles. The lowest BCUT2D eigenvalue weighted by atomic mass is 9.97. The van der Waals surface area contributed by atoms with E-state index in [9.17, 15) is 9.46 Å². The van der Waals surface area contributed by atoms with Crippen molar-refractivity contribution in [1.29, 1.82) is 0 Å².